The third kappa shape index (κ3) is 29.1. The summed E-state index contributed by atoms with van der Waals surface area (Å²) >= 11 is 0. The fraction of sp³-hybridized carbons (Fsp3) is 0.854. The minimum absolute atomic E-state index is 0.254. The first-order chi connectivity index (χ1) is 29.8. The number of hydrogen-bond acceptors (Lipinski definition) is 11. The van der Waals surface area contributed by atoms with Gasteiger partial charge in [0.15, 0.2) is 0 Å². The fourth-order valence-electron chi connectivity index (χ4n) is 7.69. The van der Waals surface area contributed by atoms with Crippen molar-refractivity contribution in [1.82, 2.24) is 5.32 Å². The number of nitrogens with one attached hydrogen (secondary N) is 1. The van der Waals surface area contributed by atoms with Gasteiger partial charge in [0.05, 0.1) is 31.3 Å². The smallest absolute Gasteiger partial charge is 0.393 e. The fourth-order valence-corrected chi connectivity index (χ4v) is 8.66. The molecule has 364 valence electrons. The van der Waals surface area contributed by atoms with E-state index in [-0.39, 0.29) is 6.42 Å². The second-order valence-electron chi connectivity index (χ2n) is 17.5. The van der Waals surface area contributed by atoms with E-state index in [1.165, 1.54) is 115 Å². The molecule has 14 heteroatoms. The monoisotopic (exact) mass is 904 g/mol. The van der Waals surface area contributed by atoms with Crippen LogP contribution in [0.5, 0.6) is 0 Å². The van der Waals surface area contributed by atoms with Crippen LogP contribution in [-0.2, 0) is 18.4 Å². The lowest BCUT2D eigenvalue weighted by atomic mass is 9.85. The molecule has 1 fully saturated rings. The van der Waals surface area contributed by atoms with Crippen LogP contribution in [0.25, 0.3) is 0 Å². The highest BCUT2D eigenvalue weighted by molar-refractivity contribution is 7.47. The summed E-state index contributed by atoms with van der Waals surface area (Å²) in [6, 6.07) is -1.26. The van der Waals surface area contributed by atoms with Crippen LogP contribution in [0.1, 0.15) is 200 Å². The van der Waals surface area contributed by atoms with Crippen molar-refractivity contribution in [2.75, 3.05) is 6.61 Å². The Hall–Kier alpha value is -1.48. The van der Waals surface area contributed by atoms with Crippen LogP contribution in [-0.4, -0.2) is 108 Å². The average Bonchev–Trinajstić information content (AvgIpc) is 3.24. The van der Waals surface area contributed by atoms with Crippen molar-refractivity contribution >= 4 is 13.7 Å². The molecule has 62 heavy (non-hydrogen) atoms. The molecule has 0 aromatic heterocycles. The second-order valence-corrected chi connectivity index (χ2v) is 18.9. The Morgan fingerprint density at radius 3 is 1.39 bits per heavy atom. The summed E-state index contributed by atoms with van der Waals surface area (Å²) in [7, 11) is -5.15. The maximum absolute atomic E-state index is 13.0. The largest absolute Gasteiger partial charge is 0.472 e. The second kappa shape index (κ2) is 37.7. The van der Waals surface area contributed by atoms with Gasteiger partial charge in [-0.2, -0.15) is 0 Å². The van der Waals surface area contributed by atoms with Crippen molar-refractivity contribution in [3.63, 3.8) is 0 Å². The molecule has 0 heterocycles. The SMILES string of the molecule is CCC/C=C/CC/C=C/CC/C=C/C(O)C(COP(=O)(O)OC1C(O)C(O)C(O)C(O)C1O)NC(=O)CC(O)CCCCCCCCCCCCCCCCCCCCCCC. The molecular weight excluding hydrogens is 813 g/mol. The van der Waals surface area contributed by atoms with Gasteiger partial charge in [-0.05, 0) is 38.5 Å². The number of phosphoric acid groups is 1. The van der Waals surface area contributed by atoms with E-state index < -0.39 is 75.2 Å². The summed E-state index contributed by atoms with van der Waals surface area (Å²) in [4.78, 5) is 23.4. The normalized spacial score (nSPS) is 23.3. The molecule has 0 spiro atoms. The standard InChI is InChI=1S/C48H90NO12P/c1-3-5-7-9-11-13-15-16-17-18-19-20-21-22-23-24-26-27-29-31-33-35-39(50)37-42(52)49-40(41(51)36-34-32-30-28-25-14-12-10-8-6-4-2)38-60-62(58,59)61-48-46(56)44(54)43(53)45(55)47(48)57/h8,10,25,28,34,36,39-41,43-48,50-51,53-57H,3-7,9,11-24,26-27,29-33,35,37-38H2,1-2H3,(H,49,52)(H,58,59)/b10-8+,28-25+,36-34+. The predicted octanol–water partition coefficient (Wildman–Crippen LogP) is 8.53. The van der Waals surface area contributed by atoms with Crippen molar-refractivity contribution in [1.29, 1.82) is 0 Å². The van der Waals surface area contributed by atoms with E-state index >= 15 is 0 Å². The lowest BCUT2D eigenvalue weighted by Gasteiger charge is -2.41. The highest BCUT2D eigenvalue weighted by Gasteiger charge is 2.51. The molecule has 8 unspecified atom stereocenters. The first-order valence-electron chi connectivity index (χ1n) is 24.5. The molecule has 0 aliphatic heterocycles. The molecule has 0 aromatic carbocycles. The molecule has 0 radical (unpaired) electrons. The molecule has 1 amide bonds. The van der Waals surface area contributed by atoms with Gasteiger partial charge >= 0.3 is 7.82 Å². The highest BCUT2D eigenvalue weighted by Crippen LogP contribution is 2.47. The molecule has 1 saturated carbocycles. The summed E-state index contributed by atoms with van der Waals surface area (Å²) in [5, 5.41) is 74.4. The minimum atomic E-state index is -5.15. The number of hydrogen-bond donors (Lipinski definition) is 9. The van der Waals surface area contributed by atoms with Gasteiger partial charge in [-0.3, -0.25) is 13.8 Å². The van der Waals surface area contributed by atoms with Gasteiger partial charge in [0.25, 0.3) is 0 Å². The molecule has 1 aliphatic rings. The zero-order valence-corrected chi connectivity index (χ0v) is 39.4. The summed E-state index contributed by atoms with van der Waals surface area (Å²) in [5.41, 5.74) is 0. The summed E-state index contributed by atoms with van der Waals surface area (Å²) in [6.07, 6.45) is 29.7. The molecule has 0 aromatic rings. The van der Waals surface area contributed by atoms with Gasteiger partial charge in [0, 0.05) is 0 Å². The van der Waals surface area contributed by atoms with Gasteiger partial charge in [-0.15, -0.1) is 0 Å². The van der Waals surface area contributed by atoms with Gasteiger partial charge in [0.2, 0.25) is 5.91 Å². The molecule has 1 rings (SSSR count). The first-order valence-corrected chi connectivity index (χ1v) is 26.0. The highest BCUT2D eigenvalue weighted by atomic mass is 31.2. The Kier molecular flexibility index (Phi) is 35.6. The Morgan fingerprint density at radius 1 is 0.565 bits per heavy atom. The molecule has 0 saturated heterocycles. The Balaban J connectivity index is 2.44. The lowest BCUT2D eigenvalue weighted by Crippen LogP contribution is -2.64. The van der Waals surface area contributed by atoms with Crippen molar-refractivity contribution in [3.8, 4) is 0 Å². The van der Waals surface area contributed by atoms with Gasteiger partial charge in [-0.1, -0.05) is 192 Å². The first kappa shape index (κ1) is 58.5. The minimum Gasteiger partial charge on any atom is -0.393 e. The zero-order valence-electron chi connectivity index (χ0n) is 38.5. The quantitative estimate of drug-likeness (QED) is 0.0160. The van der Waals surface area contributed by atoms with Gasteiger partial charge < -0.3 is 46.0 Å². The van der Waals surface area contributed by atoms with Crippen LogP contribution in [0.3, 0.4) is 0 Å². The number of carbonyl (C=O) groups is 1. The lowest BCUT2D eigenvalue weighted by molar-refractivity contribution is -0.220. The predicted molar refractivity (Wildman–Crippen MR) is 247 cm³/mol. The number of allylic oxidation sites excluding steroid dienone is 5. The molecule has 9 N–H and O–H groups in total. The van der Waals surface area contributed by atoms with E-state index in [0.29, 0.717) is 19.3 Å². The number of amides is 1. The van der Waals surface area contributed by atoms with Crippen LogP contribution in [0, 0.1) is 0 Å². The van der Waals surface area contributed by atoms with Gasteiger partial charge in [0.1, 0.15) is 36.6 Å². The van der Waals surface area contributed by atoms with Crippen molar-refractivity contribution in [3.05, 3.63) is 36.5 Å². The number of carbonyl (C=O) groups excluding carboxylic acids is 1. The van der Waals surface area contributed by atoms with E-state index in [4.69, 9.17) is 9.05 Å². The topological polar surface area (TPSA) is 226 Å². The maximum atomic E-state index is 13.0. The number of rotatable bonds is 40. The molecule has 13 nitrogen and oxygen atoms in total. The Morgan fingerprint density at radius 2 is 0.952 bits per heavy atom. The van der Waals surface area contributed by atoms with E-state index in [1.807, 2.05) is 6.08 Å². The third-order valence-corrected chi connectivity index (χ3v) is 12.7. The number of phosphoric ester groups is 1. The summed E-state index contributed by atoms with van der Waals surface area (Å²) in [5.74, 6) is -0.606. The van der Waals surface area contributed by atoms with E-state index in [9.17, 15) is 50.0 Å². The van der Waals surface area contributed by atoms with Crippen LogP contribution in [0.2, 0.25) is 0 Å². The molecule has 8 atom stereocenters. The van der Waals surface area contributed by atoms with Crippen LogP contribution in [0.4, 0.5) is 0 Å². The van der Waals surface area contributed by atoms with E-state index in [1.54, 1.807) is 6.08 Å². The van der Waals surface area contributed by atoms with Crippen molar-refractivity contribution in [2.24, 2.45) is 0 Å². The maximum Gasteiger partial charge on any atom is 0.472 e. The molecule has 0 bridgehead atoms. The van der Waals surface area contributed by atoms with Gasteiger partial charge in [-0.25, -0.2) is 4.57 Å². The summed E-state index contributed by atoms with van der Waals surface area (Å²) < 4.78 is 22.8. The van der Waals surface area contributed by atoms with Crippen molar-refractivity contribution < 1.29 is 59.0 Å². The molecule has 1 aliphatic carbocycles. The van der Waals surface area contributed by atoms with E-state index in [0.717, 1.165) is 51.4 Å². The number of aliphatic hydroxyl groups excluding tert-OH is 7. The van der Waals surface area contributed by atoms with Crippen molar-refractivity contribution in [2.45, 2.75) is 255 Å². The molecular formula is C48H90NO12P. The number of unbranched alkanes of at least 4 members (excludes halogenated alkanes) is 23. The Bertz CT molecular complexity index is 1200. The van der Waals surface area contributed by atoms with E-state index in [2.05, 4.69) is 37.4 Å². The number of aliphatic hydroxyl groups is 7. The average molecular weight is 904 g/mol. The van der Waals surface area contributed by atoms with Crippen LogP contribution >= 0.6 is 7.82 Å². The van der Waals surface area contributed by atoms with Crippen LogP contribution < -0.4 is 5.32 Å². The Labute approximate surface area is 375 Å². The summed E-state index contributed by atoms with van der Waals surface area (Å²) in [6.45, 7) is 3.65. The van der Waals surface area contributed by atoms with Crippen LogP contribution in [0.15, 0.2) is 36.5 Å². The zero-order chi connectivity index (χ0) is 45.9. The third-order valence-electron chi connectivity index (χ3n) is 11.7.